The smallest absolute Gasteiger partial charge is 0.410 e. The first-order valence-corrected chi connectivity index (χ1v) is 17.2. The zero-order chi connectivity index (χ0) is 32.5. The van der Waals surface area contributed by atoms with Crippen LogP contribution in [-0.2, 0) is 15.9 Å². The lowest BCUT2D eigenvalue weighted by Crippen LogP contribution is -3.00. The third-order valence-electron chi connectivity index (χ3n) is 8.24. The molecule has 9 nitrogen and oxygen atoms in total. The van der Waals surface area contributed by atoms with Crippen LogP contribution in [0, 0.1) is 6.92 Å². The molecule has 5 rings (SSSR count). The Balaban J connectivity index is 0.00000480. The summed E-state index contributed by atoms with van der Waals surface area (Å²) in [7, 11) is 0. The Morgan fingerprint density at radius 1 is 0.717 bits per heavy atom. The number of halogens is 1. The number of benzene rings is 2. The highest BCUT2D eigenvalue weighted by Gasteiger charge is 2.28. The minimum atomic E-state index is -0.500. The average molecular weight is 764 g/mol. The molecule has 3 aromatic rings. The molecule has 0 aliphatic carbocycles. The molecule has 2 amide bonds. The van der Waals surface area contributed by atoms with E-state index < -0.39 is 11.2 Å². The maximum absolute atomic E-state index is 12.7. The Bertz CT molecular complexity index is 1570. The van der Waals surface area contributed by atoms with Gasteiger partial charge in [0.1, 0.15) is 22.2 Å². The lowest BCUT2D eigenvalue weighted by molar-refractivity contribution is -0.0000858. The van der Waals surface area contributed by atoms with Gasteiger partial charge in [-0.3, -0.25) is 0 Å². The first-order chi connectivity index (χ1) is 21.2. The number of amides is 2. The van der Waals surface area contributed by atoms with Gasteiger partial charge >= 0.3 is 12.2 Å². The van der Waals surface area contributed by atoms with Crippen molar-refractivity contribution in [2.75, 3.05) is 62.2 Å². The number of carbonyl (C=O) groups is 2. The van der Waals surface area contributed by atoms with Crippen LogP contribution in [0.2, 0.25) is 0 Å². The summed E-state index contributed by atoms with van der Waals surface area (Å²) in [6, 6.07) is 9.08. The van der Waals surface area contributed by atoms with E-state index in [1.165, 1.54) is 21.6 Å². The van der Waals surface area contributed by atoms with Gasteiger partial charge in [-0.25, -0.2) is 14.6 Å². The van der Waals surface area contributed by atoms with Crippen molar-refractivity contribution in [1.82, 2.24) is 14.8 Å². The van der Waals surface area contributed by atoms with E-state index in [2.05, 4.69) is 47.9 Å². The number of aromatic nitrogens is 1. The fraction of sp³-hybridized carbons (Fsp3) is 0.600. The van der Waals surface area contributed by atoms with E-state index in [0.29, 0.717) is 26.2 Å². The highest BCUT2D eigenvalue weighted by atomic mass is 127. The minimum absolute atomic E-state index is 0. The molecule has 3 heterocycles. The molecular weight excluding hydrogens is 713 g/mol. The van der Waals surface area contributed by atoms with Crippen LogP contribution in [0.25, 0.3) is 20.4 Å². The summed E-state index contributed by atoms with van der Waals surface area (Å²) in [6.07, 6.45) is 2.21. The zero-order valence-corrected chi connectivity index (χ0v) is 31.7. The van der Waals surface area contributed by atoms with Crippen molar-refractivity contribution >= 4 is 55.3 Å². The highest BCUT2D eigenvalue weighted by molar-refractivity contribution is 7.24. The monoisotopic (exact) mass is 763 g/mol. The Hall–Kier alpha value is -2.67. The molecule has 0 radical (unpaired) electrons. The molecule has 0 atom stereocenters. The molecule has 11 heteroatoms. The predicted molar refractivity (Wildman–Crippen MR) is 185 cm³/mol. The van der Waals surface area contributed by atoms with Gasteiger partial charge in [0.2, 0.25) is 11.3 Å². The van der Waals surface area contributed by atoms with Crippen LogP contribution < -0.4 is 33.8 Å². The van der Waals surface area contributed by atoms with Crippen LogP contribution >= 0.6 is 11.3 Å². The highest BCUT2D eigenvalue weighted by Crippen LogP contribution is 2.36. The van der Waals surface area contributed by atoms with E-state index in [1.807, 2.05) is 51.3 Å². The fourth-order valence-electron chi connectivity index (χ4n) is 6.04. The second kappa shape index (κ2) is 14.6. The van der Waals surface area contributed by atoms with Crippen molar-refractivity contribution in [2.24, 2.45) is 0 Å². The number of rotatable bonds is 3. The summed E-state index contributed by atoms with van der Waals surface area (Å²) < 4.78 is 13.6. The zero-order valence-electron chi connectivity index (χ0n) is 28.7. The maximum Gasteiger partial charge on any atom is 0.410 e. The van der Waals surface area contributed by atoms with Crippen molar-refractivity contribution in [3.8, 4) is 0 Å². The largest absolute Gasteiger partial charge is 1.00 e. The standard InChI is InChI=1S/C35H50N5O4S.HI/c1-9-25-21-27(38-13-11-15-40(19-17-38)33(42)44-35(6,7)8)23-29-31(25)36-30-24(2)20-26(22-28(30)45-29)37-12-10-14-39(18-16-37)32(41)43-34(3,4)5;/h20-23H,9-19H2,1-8H3;1H/q+1;/p-1. The van der Waals surface area contributed by atoms with Gasteiger partial charge in [-0.1, -0.05) is 6.92 Å². The molecule has 2 saturated heterocycles. The number of carbonyl (C=O) groups excluding carboxylic acids is 2. The second-order valence-corrected chi connectivity index (χ2v) is 15.3. The summed E-state index contributed by atoms with van der Waals surface area (Å²) in [5.74, 6) is 0. The molecule has 0 N–H and O–H groups in total. The lowest BCUT2D eigenvalue weighted by atomic mass is 10.1. The number of hydrogen-bond acceptors (Lipinski definition) is 7. The summed E-state index contributed by atoms with van der Waals surface area (Å²) in [4.78, 5) is 39.2. The number of ether oxygens (including phenoxy) is 2. The van der Waals surface area contributed by atoms with E-state index in [0.717, 1.165) is 66.7 Å². The van der Waals surface area contributed by atoms with Crippen LogP contribution in [0.3, 0.4) is 0 Å². The number of aryl methyl sites for hydroxylation is 2. The average Bonchev–Trinajstić information content (AvgIpc) is 3.36. The third kappa shape index (κ3) is 8.81. The Kier molecular flexibility index (Phi) is 11.5. The number of anilines is 2. The summed E-state index contributed by atoms with van der Waals surface area (Å²) in [5.41, 5.74) is 5.88. The Morgan fingerprint density at radius 3 is 1.67 bits per heavy atom. The first-order valence-electron chi connectivity index (χ1n) is 16.4. The van der Waals surface area contributed by atoms with Crippen molar-refractivity contribution in [3.63, 3.8) is 0 Å². The normalized spacial score (nSPS) is 16.6. The van der Waals surface area contributed by atoms with Gasteiger partial charge in [0.15, 0.2) is 0 Å². The third-order valence-corrected chi connectivity index (χ3v) is 9.30. The summed E-state index contributed by atoms with van der Waals surface area (Å²) in [5, 5.41) is 0. The van der Waals surface area contributed by atoms with Gasteiger partial charge < -0.3 is 53.1 Å². The molecule has 0 saturated carbocycles. The van der Waals surface area contributed by atoms with Crippen molar-refractivity contribution in [2.45, 2.75) is 85.9 Å². The van der Waals surface area contributed by atoms with E-state index in [-0.39, 0.29) is 36.2 Å². The minimum Gasteiger partial charge on any atom is -1.00 e. The van der Waals surface area contributed by atoms with Gasteiger partial charge in [0.25, 0.3) is 9.40 Å². The molecule has 0 spiro atoms. The van der Waals surface area contributed by atoms with Crippen molar-refractivity contribution < 1.29 is 43.0 Å². The van der Waals surface area contributed by atoms with Crippen LogP contribution in [0.15, 0.2) is 24.3 Å². The van der Waals surface area contributed by atoms with E-state index in [1.54, 1.807) is 11.3 Å². The molecule has 2 aliphatic heterocycles. The fourth-order valence-corrected chi connectivity index (χ4v) is 7.21. The van der Waals surface area contributed by atoms with E-state index >= 15 is 0 Å². The first kappa shape index (κ1) is 36.2. The van der Waals surface area contributed by atoms with Crippen LogP contribution in [0.4, 0.5) is 21.0 Å². The molecule has 46 heavy (non-hydrogen) atoms. The quantitative estimate of drug-likeness (QED) is 0.221. The lowest BCUT2D eigenvalue weighted by Gasteiger charge is -2.27. The predicted octanol–water partition coefficient (Wildman–Crippen LogP) is 4.50. The number of hydrogen-bond donors (Lipinski definition) is 0. The Morgan fingerprint density at radius 2 is 1.20 bits per heavy atom. The van der Waals surface area contributed by atoms with Crippen LogP contribution in [-0.4, -0.2) is 90.5 Å². The summed E-state index contributed by atoms with van der Waals surface area (Å²) in [6.45, 7) is 21.8. The molecule has 2 aliphatic rings. The molecule has 252 valence electrons. The molecule has 1 aromatic heterocycles. The second-order valence-electron chi connectivity index (χ2n) is 14.2. The maximum atomic E-state index is 12.7. The van der Waals surface area contributed by atoms with Crippen molar-refractivity contribution in [3.05, 3.63) is 35.4 Å². The molecule has 2 fully saturated rings. The van der Waals surface area contributed by atoms with Gasteiger partial charge in [-0.15, -0.1) is 0 Å². The van der Waals surface area contributed by atoms with E-state index in [4.69, 9.17) is 14.5 Å². The number of nitrogens with zero attached hydrogens (tertiary/aromatic N) is 5. The SMILES string of the molecule is CCc1cc(N2CCCN(C(=O)OC(C)(C)C)CC2)cc2[s+]c3cc(N4CCCN(C(=O)OC(C)(C)C)CC4)cc(C)c3nc12.[I-]. The van der Waals surface area contributed by atoms with Gasteiger partial charge in [-0.2, -0.15) is 0 Å². The van der Waals surface area contributed by atoms with Gasteiger partial charge in [0.05, 0.1) is 0 Å². The van der Waals surface area contributed by atoms with Gasteiger partial charge in [-0.05, 0) is 91.0 Å². The van der Waals surface area contributed by atoms with E-state index in [9.17, 15) is 9.59 Å². The molecule has 0 unspecified atom stereocenters. The van der Waals surface area contributed by atoms with Gasteiger partial charge in [0, 0.05) is 75.9 Å². The molecule has 2 aromatic carbocycles. The molecule has 0 bridgehead atoms. The van der Waals surface area contributed by atoms with Crippen LogP contribution in [0.1, 0.15) is 72.4 Å². The number of fused-ring (bicyclic) bond motifs is 2. The topological polar surface area (TPSA) is 78.5 Å². The van der Waals surface area contributed by atoms with Crippen molar-refractivity contribution in [1.29, 1.82) is 0 Å². The Labute approximate surface area is 295 Å². The summed E-state index contributed by atoms with van der Waals surface area (Å²) >= 11 is 1.80. The van der Waals surface area contributed by atoms with Crippen LogP contribution in [0.5, 0.6) is 0 Å². The molecular formula is C35H50IN5O4S.